The van der Waals surface area contributed by atoms with Crippen LogP contribution >= 0.6 is 22.6 Å². The largest absolute Gasteiger partial charge is 0.350 e. The van der Waals surface area contributed by atoms with Gasteiger partial charge in [-0.05, 0) is 6.92 Å². The van der Waals surface area contributed by atoms with Crippen LogP contribution in [0.5, 0.6) is 0 Å². The maximum absolute atomic E-state index is 4.23. The molecule has 0 aromatic heterocycles. The Morgan fingerprint density at radius 3 is 2.62 bits per heavy atom. The second-order valence-electron chi connectivity index (χ2n) is 1.93. The van der Waals surface area contributed by atoms with Gasteiger partial charge in [0.2, 0.25) is 0 Å². The second kappa shape index (κ2) is 2.21. The number of hydrogen-bond acceptors (Lipinski definition) is 2. The molecule has 0 spiro atoms. The van der Waals surface area contributed by atoms with Gasteiger partial charge in [0, 0.05) is 7.05 Å². The first kappa shape index (κ1) is 6.32. The molecule has 1 aliphatic heterocycles. The zero-order chi connectivity index (χ0) is 6.15. The van der Waals surface area contributed by atoms with E-state index in [1.54, 1.807) is 0 Å². The van der Waals surface area contributed by atoms with Crippen LogP contribution in [0.15, 0.2) is 4.99 Å². The first-order valence-electron chi connectivity index (χ1n) is 2.60. The molecule has 0 N–H and O–H groups in total. The van der Waals surface area contributed by atoms with Gasteiger partial charge in [0.25, 0.3) is 0 Å². The van der Waals surface area contributed by atoms with Gasteiger partial charge in [0.05, 0.1) is 12.4 Å². The summed E-state index contributed by atoms with van der Waals surface area (Å²) in [5, 5.41) is 0. The van der Waals surface area contributed by atoms with Crippen LogP contribution in [-0.2, 0) is 0 Å². The third-order valence-corrected chi connectivity index (χ3v) is 2.63. The number of aliphatic imine (C=N–C) groups is 1. The first-order chi connectivity index (χ1) is 3.72. The van der Waals surface area contributed by atoms with Crippen molar-refractivity contribution in [1.82, 2.24) is 4.90 Å². The fourth-order valence-electron chi connectivity index (χ4n) is 0.644. The molecule has 3 heteroatoms. The monoisotopic (exact) mass is 224 g/mol. The van der Waals surface area contributed by atoms with Crippen LogP contribution in [0.3, 0.4) is 0 Å². The zero-order valence-electron chi connectivity index (χ0n) is 5.06. The molecule has 0 radical (unpaired) electrons. The number of halogens is 1. The Balaban J connectivity index is 2.59. The van der Waals surface area contributed by atoms with Crippen molar-refractivity contribution in [3.05, 3.63) is 0 Å². The van der Waals surface area contributed by atoms with E-state index in [0.29, 0.717) is 4.05 Å². The normalized spacial score (nSPS) is 28.6. The quantitative estimate of drug-likeness (QED) is 0.342. The fraction of sp³-hybridized carbons (Fsp3) is 0.800. The number of amidine groups is 1. The lowest BCUT2D eigenvalue weighted by Gasteiger charge is -2.14. The lowest BCUT2D eigenvalue weighted by Crippen LogP contribution is -2.25. The summed E-state index contributed by atoms with van der Waals surface area (Å²) in [6.45, 7) is 3.00. The molecular formula is C5H9IN2. The number of hydrogen-bond donors (Lipinski definition) is 0. The molecule has 0 aliphatic carbocycles. The average Bonchev–Trinajstić information content (AvgIpc) is 1.98. The molecule has 0 saturated heterocycles. The van der Waals surface area contributed by atoms with Crippen molar-refractivity contribution in [3.63, 3.8) is 0 Å². The van der Waals surface area contributed by atoms with Gasteiger partial charge < -0.3 is 4.90 Å². The molecule has 1 atom stereocenters. The van der Waals surface area contributed by atoms with Crippen LogP contribution in [0.4, 0.5) is 0 Å². The lowest BCUT2D eigenvalue weighted by molar-refractivity contribution is 0.533. The summed E-state index contributed by atoms with van der Waals surface area (Å²) < 4.78 is 0.590. The highest BCUT2D eigenvalue weighted by molar-refractivity contribution is 14.1. The highest BCUT2D eigenvalue weighted by Gasteiger charge is 2.16. The number of nitrogens with zero attached hydrogens (tertiary/aromatic N) is 2. The lowest BCUT2D eigenvalue weighted by atomic mass is 10.6. The molecular weight excluding hydrogens is 215 g/mol. The minimum absolute atomic E-state index is 0.590. The van der Waals surface area contributed by atoms with Crippen molar-refractivity contribution in [1.29, 1.82) is 0 Å². The van der Waals surface area contributed by atoms with Crippen LogP contribution < -0.4 is 0 Å². The van der Waals surface area contributed by atoms with Crippen molar-refractivity contribution >= 4 is 28.4 Å². The topological polar surface area (TPSA) is 15.6 Å². The highest BCUT2D eigenvalue weighted by atomic mass is 127. The van der Waals surface area contributed by atoms with E-state index in [1.165, 1.54) is 0 Å². The van der Waals surface area contributed by atoms with Crippen molar-refractivity contribution in [3.8, 4) is 0 Å². The average molecular weight is 224 g/mol. The van der Waals surface area contributed by atoms with Crippen LogP contribution in [0.1, 0.15) is 6.92 Å². The van der Waals surface area contributed by atoms with Crippen molar-refractivity contribution in [2.24, 2.45) is 4.99 Å². The van der Waals surface area contributed by atoms with E-state index in [4.69, 9.17) is 0 Å². The Kier molecular flexibility index (Phi) is 1.74. The minimum Gasteiger partial charge on any atom is -0.350 e. The smallest absolute Gasteiger partial charge is 0.101 e. The van der Waals surface area contributed by atoms with Gasteiger partial charge in [-0.25, -0.2) is 0 Å². The van der Waals surface area contributed by atoms with Gasteiger partial charge in [0.15, 0.2) is 0 Å². The van der Waals surface area contributed by atoms with Gasteiger partial charge in [-0.3, -0.25) is 4.99 Å². The highest BCUT2D eigenvalue weighted by Crippen LogP contribution is 2.12. The predicted molar refractivity (Wildman–Crippen MR) is 43.5 cm³/mol. The number of alkyl halides is 1. The Morgan fingerprint density at radius 1 is 1.88 bits per heavy atom. The van der Waals surface area contributed by atoms with E-state index in [2.05, 4.69) is 39.5 Å². The van der Waals surface area contributed by atoms with E-state index >= 15 is 0 Å². The Hall–Kier alpha value is 0.200. The maximum Gasteiger partial charge on any atom is 0.101 e. The standard InChI is InChI=1S/C5H9IN2/c1-4-7-3-5(6)8(4)2/h5H,3H2,1-2H3/t5-/m0/s1. The molecule has 8 heavy (non-hydrogen) atoms. The number of rotatable bonds is 0. The molecule has 0 aromatic carbocycles. The second-order valence-corrected chi connectivity index (χ2v) is 3.37. The van der Waals surface area contributed by atoms with Crippen LogP contribution in [0.25, 0.3) is 0 Å². The van der Waals surface area contributed by atoms with Crippen molar-refractivity contribution in [2.75, 3.05) is 13.6 Å². The third kappa shape index (κ3) is 0.962. The summed E-state index contributed by atoms with van der Waals surface area (Å²) in [5.74, 6) is 1.16. The molecule has 0 amide bonds. The van der Waals surface area contributed by atoms with Gasteiger partial charge in [0.1, 0.15) is 4.05 Å². The van der Waals surface area contributed by atoms with Crippen LogP contribution in [0.2, 0.25) is 0 Å². The Bertz CT molecular complexity index is 122. The molecule has 1 aliphatic rings. The summed E-state index contributed by atoms with van der Waals surface area (Å²) in [7, 11) is 2.07. The first-order valence-corrected chi connectivity index (χ1v) is 3.84. The SMILES string of the molecule is CC1=NC[C@@H](I)N1C. The predicted octanol–water partition coefficient (Wildman–Crippen LogP) is 1.11. The van der Waals surface area contributed by atoms with Gasteiger partial charge in [-0.15, -0.1) is 0 Å². The summed E-state index contributed by atoms with van der Waals surface area (Å²) in [4.78, 5) is 6.41. The fourth-order valence-corrected chi connectivity index (χ4v) is 1.24. The van der Waals surface area contributed by atoms with Crippen molar-refractivity contribution < 1.29 is 0 Å². The van der Waals surface area contributed by atoms with Crippen molar-refractivity contribution in [2.45, 2.75) is 11.0 Å². The minimum atomic E-state index is 0.590. The van der Waals surface area contributed by atoms with E-state index < -0.39 is 0 Å². The zero-order valence-corrected chi connectivity index (χ0v) is 7.21. The maximum atomic E-state index is 4.23. The molecule has 0 unspecified atom stereocenters. The summed E-state index contributed by atoms with van der Waals surface area (Å²) >= 11 is 2.38. The molecule has 1 rings (SSSR count). The molecule has 0 bridgehead atoms. The molecule has 0 fully saturated rings. The van der Waals surface area contributed by atoms with E-state index in [-0.39, 0.29) is 0 Å². The van der Waals surface area contributed by atoms with E-state index in [1.807, 2.05) is 6.92 Å². The van der Waals surface area contributed by atoms with E-state index in [0.717, 1.165) is 12.4 Å². The molecule has 0 aromatic rings. The summed E-state index contributed by atoms with van der Waals surface area (Å²) in [6.07, 6.45) is 0. The number of likely N-dealkylation sites (N-methyl/N-ethyl adjacent to an activating group) is 1. The van der Waals surface area contributed by atoms with Gasteiger partial charge >= 0.3 is 0 Å². The van der Waals surface area contributed by atoms with Crippen LogP contribution in [-0.4, -0.2) is 28.4 Å². The molecule has 2 nitrogen and oxygen atoms in total. The summed E-state index contributed by atoms with van der Waals surface area (Å²) in [6, 6.07) is 0. The molecule has 0 saturated carbocycles. The van der Waals surface area contributed by atoms with Gasteiger partial charge in [-0.2, -0.15) is 0 Å². The molecule has 46 valence electrons. The summed E-state index contributed by atoms with van der Waals surface area (Å²) in [5.41, 5.74) is 0. The van der Waals surface area contributed by atoms with Gasteiger partial charge in [-0.1, -0.05) is 22.6 Å². The Morgan fingerprint density at radius 2 is 2.50 bits per heavy atom. The molecule has 1 heterocycles. The Labute approximate surface area is 63.1 Å². The van der Waals surface area contributed by atoms with E-state index in [9.17, 15) is 0 Å². The third-order valence-electron chi connectivity index (χ3n) is 1.40. The van der Waals surface area contributed by atoms with Crippen LogP contribution in [0, 0.1) is 0 Å².